The van der Waals surface area contributed by atoms with Gasteiger partial charge in [-0.15, -0.1) is 6.58 Å². The van der Waals surface area contributed by atoms with Crippen LogP contribution in [0.25, 0.3) is 0 Å². The molecule has 2 aliphatic rings. The predicted molar refractivity (Wildman–Crippen MR) is 79.5 cm³/mol. The summed E-state index contributed by atoms with van der Waals surface area (Å²) in [6.07, 6.45) is 6.65. The molecule has 2 atom stereocenters. The van der Waals surface area contributed by atoms with Gasteiger partial charge in [-0.1, -0.05) is 17.7 Å². The standard InChI is InChI=1S/C17H22O4/c1-4-10-16-12(3)8-9-13(15(19)21-5-2)17(16,20)11-6-7-14(16)18/h4,8-9,20H,1,5-7,10-11H2,2-3H3/t16-,17+/m1/s1. The first-order chi connectivity index (χ1) is 9.94. The van der Waals surface area contributed by atoms with Crippen molar-refractivity contribution in [1.29, 1.82) is 0 Å². The van der Waals surface area contributed by atoms with Gasteiger partial charge in [0, 0.05) is 6.42 Å². The molecular weight excluding hydrogens is 268 g/mol. The van der Waals surface area contributed by atoms with E-state index >= 15 is 0 Å². The van der Waals surface area contributed by atoms with Gasteiger partial charge in [0.25, 0.3) is 0 Å². The van der Waals surface area contributed by atoms with Crippen LogP contribution < -0.4 is 0 Å². The number of carbonyl (C=O) groups excluding carboxylic acids is 2. The molecule has 0 radical (unpaired) electrons. The summed E-state index contributed by atoms with van der Waals surface area (Å²) >= 11 is 0. The molecule has 4 nitrogen and oxygen atoms in total. The maximum Gasteiger partial charge on any atom is 0.336 e. The minimum Gasteiger partial charge on any atom is -0.463 e. The van der Waals surface area contributed by atoms with Crippen molar-refractivity contribution in [1.82, 2.24) is 0 Å². The monoisotopic (exact) mass is 290 g/mol. The van der Waals surface area contributed by atoms with E-state index in [1.807, 2.05) is 6.92 Å². The van der Waals surface area contributed by atoms with Gasteiger partial charge >= 0.3 is 5.97 Å². The third-order valence-electron chi connectivity index (χ3n) is 4.69. The molecule has 4 heteroatoms. The highest BCUT2D eigenvalue weighted by atomic mass is 16.5. The van der Waals surface area contributed by atoms with Crippen molar-refractivity contribution < 1.29 is 19.4 Å². The molecule has 0 bridgehead atoms. The summed E-state index contributed by atoms with van der Waals surface area (Å²) in [5, 5.41) is 11.3. The van der Waals surface area contributed by atoms with Gasteiger partial charge in [0.05, 0.1) is 17.6 Å². The molecule has 1 N–H and O–H groups in total. The quantitative estimate of drug-likeness (QED) is 0.638. The SMILES string of the molecule is C=CC[C@@]12C(=O)CCC[C@]1(O)C(C(=O)OCC)=CC=C2C. The van der Waals surface area contributed by atoms with Gasteiger partial charge in [0.1, 0.15) is 11.4 Å². The Morgan fingerprint density at radius 1 is 1.52 bits per heavy atom. The minimum absolute atomic E-state index is 0.0280. The Labute approximate surface area is 125 Å². The zero-order chi connectivity index (χ0) is 15.7. The number of rotatable bonds is 4. The first-order valence-corrected chi connectivity index (χ1v) is 7.37. The molecule has 21 heavy (non-hydrogen) atoms. The molecule has 0 unspecified atom stereocenters. The third kappa shape index (κ3) is 2.09. The fourth-order valence-electron chi connectivity index (χ4n) is 3.67. The van der Waals surface area contributed by atoms with Crippen LogP contribution in [0.5, 0.6) is 0 Å². The number of ketones is 1. The Kier molecular flexibility index (Phi) is 4.19. The number of aliphatic hydroxyl groups is 1. The second-order valence-electron chi connectivity index (χ2n) is 5.69. The second kappa shape index (κ2) is 5.60. The van der Waals surface area contributed by atoms with E-state index in [1.54, 1.807) is 25.2 Å². The van der Waals surface area contributed by atoms with E-state index in [1.165, 1.54) is 0 Å². The van der Waals surface area contributed by atoms with Crippen molar-refractivity contribution in [2.45, 2.75) is 45.1 Å². The second-order valence-corrected chi connectivity index (χ2v) is 5.69. The molecule has 0 aromatic carbocycles. The molecule has 0 heterocycles. The number of hydrogen-bond acceptors (Lipinski definition) is 4. The summed E-state index contributed by atoms with van der Waals surface area (Å²) in [7, 11) is 0. The van der Waals surface area contributed by atoms with Crippen LogP contribution in [0.15, 0.2) is 36.0 Å². The molecule has 1 fully saturated rings. The highest BCUT2D eigenvalue weighted by molar-refractivity contribution is 5.99. The minimum atomic E-state index is -1.50. The summed E-state index contributed by atoms with van der Waals surface area (Å²) < 4.78 is 5.06. The summed E-state index contributed by atoms with van der Waals surface area (Å²) in [5.74, 6) is -0.577. The molecule has 0 aromatic heterocycles. The van der Waals surface area contributed by atoms with Gasteiger partial charge in [-0.3, -0.25) is 4.79 Å². The lowest BCUT2D eigenvalue weighted by molar-refractivity contribution is -0.153. The van der Waals surface area contributed by atoms with Crippen LogP contribution in [-0.4, -0.2) is 29.1 Å². The average molecular weight is 290 g/mol. The van der Waals surface area contributed by atoms with Crippen LogP contribution in [0.3, 0.4) is 0 Å². The van der Waals surface area contributed by atoms with E-state index < -0.39 is 17.0 Å². The fourth-order valence-corrected chi connectivity index (χ4v) is 3.67. The summed E-state index contributed by atoms with van der Waals surface area (Å²) in [5.41, 5.74) is -1.61. The zero-order valence-electron chi connectivity index (χ0n) is 12.6. The molecule has 0 aromatic rings. The van der Waals surface area contributed by atoms with Crippen molar-refractivity contribution in [3.05, 3.63) is 36.0 Å². The highest BCUT2D eigenvalue weighted by Crippen LogP contribution is 2.55. The number of ether oxygens (including phenoxy) is 1. The number of hydrogen-bond donors (Lipinski definition) is 1. The fraction of sp³-hybridized carbons (Fsp3) is 0.529. The van der Waals surface area contributed by atoms with Gasteiger partial charge in [0.2, 0.25) is 0 Å². The lowest BCUT2D eigenvalue weighted by atomic mass is 9.53. The molecule has 2 rings (SSSR count). The third-order valence-corrected chi connectivity index (χ3v) is 4.69. The van der Waals surface area contributed by atoms with E-state index in [0.29, 0.717) is 25.7 Å². The molecule has 1 saturated carbocycles. The summed E-state index contributed by atoms with van der Waals surface area (Å²) in [4.78, 5) is 24.9. The first kappa shape index (κ1) is 15.7. The molecule has 0 saturated heterocycles. The van der Waals surface area contributed by atoms with Crippen LogP contribution in [0, 0.1) is 5.41 Å². The van der Waals surface area contributed by atoms with Gasteiger partial charge < -0.3 is 9.84 Å². The van der Waals surface area contributed by atoms with Crippen molar-refractivity contribution in [2.75, 3.05) is 6.61 Å². The predicted octanol–water partition coefficient (Wildman–Crippen LogP) is 2.48. The lowest BCUT2D eigenvalue weighted by Gasteiger charge is -2.51. The van der Waals surface area contributed by atoms with Crippen molar-refractivity contribution >= 4 is 11.8 Å². The Balaban J connectivity index is 2.60. The Morgan fingerprint density at radius 2 is 2.24 bits per heavy atom. The van der Waals surface area contributed by atoms with Gasteiger partial charge in [0.15, 0.2) is 0 Å². The maximum atomic E-state index is 12.7. The van der Waals surface area contributed by atoms with Gasteiger partial charge in [-0.25, -0.2) is 4.79 Å². The first-order valence-electron chi connectivity index (χ1n) is 7.37. The van der Waals surface area contributed by atoms with Gasteiger partial charge in [-0.2, -0.15) is 0 Å². The van der Waals surface area contributed by atoms with E-state index in [2.05, 4.69) is 6.58 Å². The van der Waals surface area contributed by atoms with Crippen LogP contribution in [0.1, 0.15) is 39.5 Å². The number of fused-ring (bicyclic) bond motifs is 1. The average Bonchev–Trinajstić information content (AvgIpc) is 2.42. The van der Waals surface area contributed by atoms with Crippen LogP contribution in [0.2, 0.25) is 0 Å². The van der Waals surface area contributed by atoms with Crippen LogP contribution in [-0.2, 0) is 14.3 Å². The molecule has 114 valence electrons. The Hall–Kier alpha value is -1.68. The van der Waals surface area contributed by atoms with Crippen molar-refractivity contribution in [3.8, 4) is 0 Å². The molecule has 0 amide bonds. The molecule has 0 spiro atoms. The van der Waals surface area contributed by atoms with Gasteiger partial charge in [-0.05, 0) is 39.2 Å². The normalized spacial score (nSPS) is 31.9. The van der Waals surface area contributed by atoms with E-state index in [4.69, 9.17) is 4.74 Å². The number of allylic oxidation sites excluding steroid dienone is 3. The van der Waals surface area contributed by atoms with Crippen molar-refractivity contribution in [2.24, 2.45) is 5.41 Å². The number of carbonyl (C=O) groups is 2. The summed E-state index contributed by atoms with van der Waals surface area (Å²) in [6, 6.07) is 0. The lowest BCUT2D eigenvalue weighted by Crippen LogP contribution is -2.59. The van der Waals surface area contributed by atoms with Crippen LogP contribution in [0.4, 0.5) is 0 Å². The van der Waals surface area contributed by atoms with E-state index in [9.17, 15) is 14.7 Å². The maximum absolute atomic E-state index is 12.7. The molecular formula is C17H22O4. The Morgan fingerprint density at radius 3 is 2.86 bits per heavy atom. The Bertz CT molecular complexity index is 543. The topological polar surface area (TPSA) is 63.6 Å². The highest BCUT2D eigenvalue weighted by Gasteiger charge is 2.61. The van der Waals surface area contributed by atoms with Crippen LogP contribution >= 0.6 is 0 Å². The van der Waals surface area contributed by atoms with Crippen molar-refractivity contribution in [3.63, 3.8) is 0 Å². The smallest absolute Gasteiger partial charge is 0.336 e. The van der Waals surface area contributed by atoms with E-state index in [0.717, 1.165) is 5.57 Å². The summed E-state index contributed by atoms with van der Waals surface area (Å²) in [6.45, 7) is 7.50. The molecule has 2 aliphatic carbocycles. The number of Topliss-reactive ketones (excluding diaryl/α,β-unsaturated/α-hetero) is 1. The zero-order valence-corrected chi connectivity index (χ0v) is 12.6. The number of esters is 1. The van der Waals surface area contributed by atoms with E-state index in [-0.39, 0.29) is 18.0 Å². The molecule has 0 aliphatic heterocycles. The largest absolute Gasteiger partial charge is 0.463 e.